The molecular formula is C50H97O10P. The second kappa shape index (κ2) is 46.7. The van der Waals surface area contributed by atoms with Crippen LogP contribution in [-0.4, -0.2) is 65.7 Å². The highest BCUT2D eigenvalue weighted by atomic mass is 31.2. The maximum absolute atomic E-state index is 12.7. The minimum Gasteiger partial charge on any atom is -0.462 e. The van der Waals surface area contributed by atoms with E-state index < -0.39 is 51.8 Å². The van der Waals surface area contributed by atoms with Crippen LogP contribution in [0.2, 0.25) is 0 Å². The fourth-order valence-corrected chi connectivity index (χ4v) is 8.25. The third kappa shape index (κ3) is 46.5. The van der Waals surface area contributed by atoms with Crippen molar-refractivity contribution in [2.75, 3.05) is 26.4 Å². The van der Waals surface area contributed by atoms with E-state index in [4.69, 9.17) is 23.6 Å². The molecule has 3 atom stereocenters. The van der Waals surface area contributed by atoms with Gasteiger partial charge >= 0.3 is 19.8 Å². The van der Waals surface area contributed by atoms with E-state index in [1.54, 1.807) is 0 Å². The van der Waals surface area contributed by atoms with E-state index in [9.17, 15) is 24.2 Å². The number of aliphatic hydroxyl groups is 2. The van der Waals surface area contributed by atoms with E-state index in [1.807, 2.05) is 0 Å². The highest BCUT2D eigenvalue weighted by molar-refractivity contribution is 7.47. The van der Waals surface area contributed by atoms with Crippen molar-refractivity contribution in [3.8, 4) is 0 Å². The molecule has 362 valence electrons. The van der Waals surface area contributed by atoms with Gasteiger partial charge in [0.1, 0.15) is 12.7 Å². The summed E-state index contributed by atoms with van der Waals surface area (Å²) in [5.41, 5.74) is 0. The molecule has 0 aromatic carbocycles. The monoisotopic (exact) mass is 889 g/mol. The summed E-state index contributed by atoms with van der Waals surface area (Å²) in [5, 5.41) is 18.4. The third-order valence-electron chi connectivity index (χ3n) is 11.4. The minimum atomic E-state index is -4.62. The molecular weight excluding hydrogens is 792 g/mol. The topological polar surface area (TPSA) is 149 Å². The van der Waals surface area contributed by atoms with Crippen LogP contribution < -0.4 is 0 Å². The fourth-order valence-electron chi connectivity index (χ4n) is 7.46. The molecule has 0 aliphatic rings. The first kappa shape index (κ1) is 59.7. The number of ether oxygens (including phenoxy) is 2. The Balaban J connectivity index is 4.15. The normalized spacial score (nSPS) is 13.7. The van der Waals surface area contributed by atoms with Crippen molar-refractivity contribution < 1.29 is 47.8 Å². The van der Waals surface area contributed by atoms with Crippen molar-refractivity contribution in [2.45, 2.75) is 270 Å². The number of carbonyl (C=O) groups excluding carboxylic acids is 2. The Morgan fingerprint density at radius 1 is 0.475 bits per heavy atom. The van der Waals surface area contributed by atoms with Gasteiger partial charge in [-0.15, -0.1) is 0 Å². The van der Waals surface area contributed by atoms with Crippen LogP contribution in [-0.2, 0) is 32.7 Å². The maximum atomic E-state index is 12.7. The van der Waals surface area contributed by atoms with E-state index in [1.165, 1.54) is 186 Å². The molecule has 0 fully saturated rings. The molecule has 0 saturated heterocycles. The number of hydrogen-bond acceptors (Lipinski definition) is 9. The van der Waals surface area contributed by atoms with Crippen molar-refractivity contribution >= 4 is 19.8 Å². The van der Waals surface area contributed by atoms with E-state index in [-0.39, 0.29) is 19.4 Å². The Bertz CT molecular complexity index is 1020. The SMILES string of the molecule is CCCCCCCCCC/C=C\CCCCCCCCCCCC(=O)OC(COC(=O)CCCCCCCCCCCCCCCCCCC)COP(=O)(O)OCC(O)CO. The zero-order valence-electron chi connectivity index (χ0n) is 39.7. The molecule has 0 aliphatic carbocycles. The van der Waals surface area contributed by atoms with E-state index in [2.05, 4.69) is 26.0 Å². The first-order chi connectivity index (χ1) is 29.7. The predicted octanol–water partition coefficient (Wildman–Crippen LogP) is 14.3. The van der Waals surface area contributed by atoms with Gasteiger partial charge in [0.05, 0.1) is 19.8 Å². The second-order valence-corrected chi connectivity index (χ2v) is 19.0. The van der Waals surface area contributed by atoms with Gasteiger partial charge < -0.3 is 24.6 Å². The summed E-state index contributed by atoms with van der Waals surface area (Å²) in [5.74, 6) is -0.910. The summed E-state index contributed by atoms with van der Waals surface area (Å²) in [6.45, 7) is 2.44. The van der Waals surface area contributed by atoms with Gasteiger partial charge in [-0.1, -0.05) is 219 Å². The number of rotatable bonds is 49. The molecule has 10 nitrogen and oxygen atoms in total. The van der Waals surface area contributed by atoms with Crippen molar-refractivity contribution in [3.05, 3.63) is 12.2 Å². The van der Waals surface area contributed by atoms with Crippen LogP contribution in [0, 0.1) is 0 Å². The Kier molecular flexibility index (Phi) is 45.7. The zero-order valence-corrected chi connectivity index (χ0v) is 40.5. The number of aliphatic hydroxyl groups excluding tert-OH is 2. The van der Waals surface area contributed by atoms with Crippen LogP contribution in [0.15, 0.2) is 12.2 Å². The number of carbonyl (C=O) groups is 2. The second-order valence-electron chi connectivity index (χ2n) is 17.6. The molecule has 61 heavy (non-hydrogen) atoms. The van der Waals surface area contributed by atoms with Crippen LogP contribution in [0.1, 0.15) is 258 Å². The molecule has 0 amide bonds. The van der Waals surface area contributed by atoms with Gasteiger partial charge in [0.2, 0.25) is 0 Å². The first-order valence-electron chi connectivity index (χ1n) is 25.6. The molecule has 0 aromatic rings. The van der Waals surface area contributed by atoms with Gasteiger partial charge in [-0.3, -0.25) is 18.6 Å². The van der Waals surface area contributed by atoms with Crippen LogP contribution in [0.25, 0.3) is 0 Å². The first-order valence-corrected chi connectivity index (χ1v) is 27.1. The highest BCUT2D eigenvalue weighted by Gasteiger charge is 2.27. The van der Waals surface area contributed by atoms with Gasteiger partial charge in [-0.05, 0) is 38.5 Å². The molecule has 0 aromatic heterocycles. The van der Waals surface area contributed by atoms with Gasteiger partial charge in [0.15, 0.2) is 6.10 Å². The summed E-state index contributed by atoms with van der Waals surface area (Å²) in [6, 6.07) is 0. The number of phosphoric ester groups is 1. The molecule has 3 unspecified atom stereocenters. The standard InChI is InChI=1S/C50H97O10P/c1-3-5-7-9-11-13-15-17-19-21-22-23-24-26-28-30-32-34-36-38-40-42-50(54)60-48(46-59-61(55,56)58-44-47(52)43-51)45-57-49(53)41-39-37-35-33-31-29-27-25-20-18-16-14-12-10-8-6-4-2/h21-22,47-48,51-52H,3-20,23-46H2,1-2H3,(H,55,56)/b22-21-. The summed E-state index contributed by atoms with van der Waals surface area (Å²) in [6.07, 6.45) is 47.5. The molecule has 0 heterocycles. The van der Waals surface area contributed by atoms with Crippen LogP contribution in [0.3, 0.4) is 0 Å². The smallest absolute Gasteiger partial charge is 0.462 e. The molecule has 0 spiro atoms. The van der Waals surface area contributed by atoms with Crippen LogP contribution >= 0.6 is 7.82 Å². The van der Waals surface area contributed by atoms with E-state index >= 15 is 0 Å². The van der Waals surface area contributed by atoms with Crippen molar-refractivity contribution in [1.82, 2.24) is 0 Å². The average Bonchev–Trinajstić information content (AvgIpc) is 3.25. The van der Waals surface area contributed by atoms with Crippen LogP contribution in [0.5, 0.6) is 0 Å². The van der Waals surface area contributed by atoms with E-state index in [0.717, 1.165) is 32.1 Å². The third-order valence-corrected chi connectivity index (χ3v) is 12.4. The summed E-state index contributed by atoms with van der Waals surface area (Å²) < 4.78 is 32.9. The van der Waals surface area contributed by atoms with Gasteiger partial charge in [0.25, 0.3) is 0 Å². The lowest BCUT2D eigenvalue weighted by atomic mass is 10.0. The van der Waals surface area contributed by atoms with Crippen LogP contribution in [0.4, 0.5) is 0 Å². The Morgan fingerprint density at radius 3 is 1.18 bits per heavy atom. The summed E-state index contributed by atoms with van der Waals surface area (Å²) in [4.78, 5) is 35.2. The molecule has 0 saturated carbocycles. The van der Waals surface area contributed by atoms with Gasteiger partial charge in [0, 0.05) is 12.8 Å². The predicted molar refractivity (Wildman–Crippen MR) is 252 cm³/mol. The van der Waals surface area contributed by atoms with Gasteiger partial charge in [-0.25, -0.2) is 4.57 Å². The van der Waals surface area contributed by atoms with E-state index in [0.29, 0.717) is 12.8 Å². The van der Waals surface area contributed by atoms with Crippen molar-refractivity contribution in [1.29, 1.82) is 0 Å². The van der Waals surface area contributed by atoms with Crippen molar-refractivity contribution in [3.63, 3.8) is 0 Å². The lowest BCUT2D eigenvalue weighted by Crippen LogP contribution is -2.29. The molecule has 3 N–H and O–H groups in total. The Hall–Kier alpha value is -1.29. The van der Waals surface area contributed by atoms with Crippen molar-refractivity contribution in [2.24, 2.45) is 0 Å². The summed E-state index contributed by atoms with van der Waals surface area (Å²) in [7, 11) is -4.62. The number of hydrogen-bond donors (Lipinski definition) is 3. The minimum absolute atomic E-state index is 0.187. The summed E-state index contributed by atoms with van der Waals surface area (Å²) >= 11 is 0. The molecule has 0 radical (unpaired) electrons. The van der Waals surface area contributed by atoms with Gasteiger partial charge in [-0.2, -0.15) is 0 Å². The lowest BCUT2D eigenvalue weighted by Gasteiger charge is -2.20. The fraction of sp³-hybridized carbons (Fsp3) is 0.920. The lowest BCUT2D eigenvalue weighted by molar-refractivity contribution is -0.161. The zero-order chi connectivity index (χ0) is 44.8. The largest absolute Gasteiger partial charge is 0.472 e. The quantitative estimate of drug-likeness (QED) is 0.0233. The Morgan fingerprint density at radius 2 is 0.803 bits per heavy atom. The number of esters is 2. The number of phosphoric acid groups is 1. The number of unbranched alkanes of at least 4 members (excludes halogenated alkanes) is 33. The molecule has 0 bridgehead atoms. The highest BCUT2D eigenvalue weighted by Crippen LogP contribution is 2.43. The molecule has 11 heteroatoms. The number of allylic oxidation sites excluding steroid dienone is 2. The Labute approximate surface area is 375 Å². The molecule has 0 aliphatic heterocycles. The average molecular weight is 889 g/mol. The maximum Gasteiger partial charge on any atom is 0.472 e. The molecule has 0 rings (SSSR count).